The topological polar surface area (TPSA) is 83.0 Å². The van der Waals surface area contributed by atoms with E-state index in [9.17, 15) is 14.0 Å². The van der Waals surface area contributed by atoms with Gasteiger partial charge >= 0.3 is 5.97 Å². The normalized spacial score (nSPS) is 15.5. The molecule has 0 aromatic carbocycles. The van der Waals surface area contributed by atoms with E-state index < -0.39 is 23.0 Å². The summed E-state index contributed by atoms with van der Waals surface area (Å²) in [7, 11) is 0. The lowest BCUT2D eigenvalue weighted by molar-refractivity contribution is 0.0683. The van der Waals surface area contributed by atoms with E-state index in [0.717, 1.165) is 12.8 Å². The van der Waals surface area contributed by atoms with Gasteiger partial charge in [0.2, 0.25) is 5.82 Å². The first kappa shape index (κ1) is 8.86. The zero-order chi connectivity index (χ0) is 10.3. The molecule has 1 fully saturated rings. The van der Waals surface area contributed by atoms with Gasteiger partial charge < -0.3 is 10.1 Å². The second-order valence-electron chi connectivity index (χ2n) is 3.19. The summed E-state index contributed by atoms with van der Waals surface area (Å²) in [6, 6.07) is 0. The number of aromatic amines is 1. The van der Waals surface area contributed by atoms with Crippen LogP contribution in [0.5, 0.6) is 0 Å². The molecule has 0 atom stereocenters. The summed E-state index contributed by atoms with van der Waals surface area (Å²) >= 11 is 0. The number of carboxylic acid groups (broad SMARTS) is 1. The van der Waals surface area contributed by atoms with Gasteiger partial charge in [0.25, 0.3) is 5.56 Å². The van der Waals surface area contributed by atoms with E-state index in [1.54, 1.807) is 0 Å². The summed E-state index contributed by atoms with van der Waals surface area (Å²) in [4.78, 5) is 27.3. The van der Waals surface area contributed by atoms with Crippen molar-refractivity contribution in [3.8, 4) is 0 Å². The van der Waals surface area contributed by atoms with Crippen LogP contribution >= 0.6 is 0 Å². The molecule has 0 amide bonds. The monoisotopic (exact) mass is 198 g/mol. The van der Waals surface area contributed by atoms with Crippen molar-refractivity contribution in [1.82, 2.24) is 9.97 Å². The maximum Gasteiger partial charge on any atom is 0.357 e. The highest BCUT2D eigenvalue weighted by molar-refractivity contribution is 5.85. The summed E-state index contributed by atoms with van der Waals surface area (Å²) in [5, 5.41) is 8.56. The molecular formula is C8H7FN2O3. The lowest BCUT2D eigenvalue weighted by atomic mass is 10.3. The van der Waals surface area contributed by atoms with Crippen LogP contribution in [-0.4, -0.2) is 21.0 Å². The van der Waals surface area contributed by atoms with E-state index in [1.807, 2.05) is 0 Å². The summed E-state index contributed by atoms with van der Waals surface area (Å²) < 4.78 is 12.9. The second-order valence-corrected chi connectivity index (χ2v) is 3.19. The van der Waals surface area contributed by atoms with Gasteiger partial charge in [0.1, 0.15) is 5.82 Å². The summed E-state index contributed by atoms with van der Waals surface area (Å²) in [5.74, 6) is -2.49. The molecule has 6 heteroatoms. The fourth-order valence-corrected chi connectivity index (χ4v) is 1.17. The van der Waals surface area contributed by atoms with Crippen molar-refractivity contribution in [2.75, 3.05) is 0 Å². The van der Waals surface area contributed by atoms with E-state index >= 15 is 0 Å². The molecule has 0 radical (unpaired) electrons. The van der Waals surface area contributed by atoms with Crippen molar-refractivity contribution >= 4 is 5.97 Å². The predicted molar refractivity (Wildman–Crippen MR) is 43.8 cm³/mol. The smallest absolute Gasteiger partial charge is 0.357 e. The SMILES string of the molecule is O=C(O)c1nc(C2CC2)[nH]c(=O)c1F. The molecule has 2 rings (SSSR count). The van der Waals surface area contributed by atoms with Gasteiger partial charge in [-0.25, -0.2) is 9.78 Å². The standard InChI is InChI=1S/C8H7FN2O3/c9-4-5(8(13)14)10-6(3-1-2-3)11-7(4)12/h3H,1-2H2,(H,13,14)(H,10,11,12). The van der Waals surface area contributed by atoms with Crippen LogP contribution in [0.4, 0.5) is 4.39 Å². The van der Waals surface area contributed by atoms with E-state index in [4.69, 9.17) is 5.11 Å². The van der Waals surface area contributed by atoms with Crippen molar-refractivity contribution in [2.24, 2.45) is 0 Å². The number of hydrogen-bond donors (Lipinski definition) is 2. The Morgan fingerprint density at radius 3 is 2.71 bits per heavy atom. The zero-order valence-electron chi connectivity index (χ0n) is 7.08. The number of nitrogens with one attached hydrogen (secondary N) is 1. The number of rotatable bonds is 2. The van der Waals surface area contributed by atoms with E-state index in [-0.39, 0.29) is 11.7 Å². The Balaban J connectivity index is 2.57. The Labute approximate surface area is 77.6 Å². The molecule has 14 heavy (non-hydrogen) atoms. The third kappa shape index (κ3) is 1.39. The first-order chi connectivity index (χ1) is 6.59. The largest absolute Gasteiger partial charge is 0.476 e. The van der Waals surface area contributed by atoms with Crippen LogP contribution in [0.2, 0.25) is 0 Å². The number of H-pyrrole nitrogens is 1. The highest BCUT2D eigenvalue weighted by atomic mass is 19.1. The highest BCUT2D eigenvalue weighted by Gasteiger charge is 2.28. The van der Waals surface area contributed by atoms with Crippen molar-refractivity contribution in [3.63, 3.8) is 0 Å². The van der Waals surface area contributed by atoms with Gasteiger partial charge in [-0.05, 0) is 12.8 Å². The fraction of sp³-hybridized carbons (Fsp3) is 0.375. The second kappa shape index (κ2) is 2.90. The van der Waals surface area contributed by atoms with Crippen molar-refractivity contribution in [3.05, 3.63) is 27.7 Å². The number of carbonyl (C=O) groups is 1. The molecule has 0 spiro atoms. The van der Waals surface area contributed by atoms with Crippen LogP contribution in [0.3, 0.4) is 0 Å². The van der Waals surface area contributed by atoms with Crippen molar-refractivity contribution < 1.29 is 14.3 Å². The highest BCUT2D eigenvalue weighted by Crippen LogP contribution is 2.37. The molecule has 1 heterocycles. The molecule has 74 valence electrons. The molecule has 1 aromatic heterocycles. The van der Waals surface area contributed by atoms with Gasteiger partial charge in [0.15, 0.2) is 5.69 Å². The zero-order valence-corrected chi connectivity index (χ0v) is 7.08. The molecule has 1 saturated carbocycles. The number of hydrogen-bond acceptors (Lipinski definition) is 3. The van der Waals surface area contributed by atoms with Crippen LogP contribution in [-0.2, 0) is 0 Å². The van der Waals surface area contributed by atoms with Crippen LogP contribution in [0, 0.1) is 5.82 Å². The third-order valence-electron chi connectivity index (χ3n) is 2.05. The maximum atomic E-state index is 12.9. The molecule has 5 nitrogen and oxygen atoms in total. The molecule has 1 aliphatic rings. The van der Waals surface area contributed by atoms with Crippen LogP contribution < -0.4 is 5.56 Å². The minimum absolute atomic E-state index is 0.0846. The van der Waals surface area contributed by atoms with E-state index in [2.05, 4.69) is 9.97 Å². The number of aromatic nitrogens is 2. The van der Waals surface area contributed by atoms with Crippen LogP contribution in [0.15, 0.2) is 4.79 Å². The molecule has 0 unspecified atom stereocenters. The molecule has 0 saturated heterocycles. The van der Waals surface area contributed by atoms with E-state index in [1.165, 1.54) is 0 Å². The van der Waals surface area contributed by atoms with Gasteiger partial charge in [-0.3, -0.25) is 4.79 Å². The first-order valence-electron chi connectivity index (χ1n) is 4.12. The van der Waals surface area contributed by atoms with Crippen molar-refractivity contribution in [1.29, 1.82) is 0 Å². The molecule has 0 aliphatic heterocycles. The minimum atomic E-state index is -1.52. The van der Waals surface area contributed by atoms with Crippen molar-refractivity contribution in [2.45, 2.75) is 18.8 Å². The average Bonchev–Trinajstić information content (AvgIpc) is 2.91. The fourth-order valence-electron chi connectivity index (χ4n) is 1.17. The third-order valence-corrected chi connectivity index (χ3v) is 2.05. The molecule has 2 N–H and O–H groups in total. The van der Waals surface area contributed by atoms with Gasteiger partial charge in [-0.15, -0.1) is 0 Å². The Hall–Kier alpha value is -1.72. The predicted octanol–water partition coefficient (Wildman–Crippen LogP) is 0.485. The Kier molecular flexibility index (Phi) is 1.83. The summed E-state index contributed by atoms with van der Waals surface area (Å²) in [6.07, 6.45) is 1.71. The molecule has 0 bridgehead atoms. The Morgan fingerprint density at radius 2 is 2.21 bits per heavy atom. The number of nitrogens with zero attached hydrogens (tertiary/aromatic N) is 1. The summed E-state index contributed by atoms with van der Waals surface area (Å²) in [6.45, 7) is 0. The quantitative estimate of drug-likeness (QED) is 0.724. The molecule has 1 aromatic rings. The van der Waals surface area contributed by atoms with Gasteiger partial charge in [-0.2, -0.15) is 4.39 Å². The maximum absolute atomic E-state index is 12.9. The lowest BCUT2D eigenvalue weighted by Gasteiger charge is -1.99. The molecular weight excluding hydrogens is 191 g/mol. The van der Waals surface area contributed by atoms with Crippen LogP contribution in [0.25, 0.3) is 0 Å². The van der Waals surface area contributed by atoms with Gasteiger partial charge in [-0.1, -0.05) is 0 Å². The Bertz CT molecular complexity index is 450. The summed E-state index contributed by atoms with van der Waals surface area (Å²) in [5.41, 5.74) is -1.81. The van der Waals surface area contributed by atoms with E-state index in [0.29, 0.717) is 0 Å². The average molecular weight is 198 g/mol. The number of halogens is 1. The lowest BCUT2D eigenvalue weighted by Crippen LogP contribution is -2.21. The molecule has 1 aliphatic carbocycles. The van der Waals surface area contributed by atoms with Gasteiger partial charge in [0, 0.05) is 5.92 Å². The minimum Gasteiger partial charge on any atom is -0.476 e. The van der Waals surface area contributed by atoms with Crippen LogP contribution in [0.1, 0.15) is 35.1 Å². The first-order valence-corrected chi connectivity index (χ1v) is 4.12. The number of aromatic carboxylic acids is 1. The number of carboxylic acids is 1. The Morgan fingerprint density at radius 1 is 1.57 bits per heavy atom. The van der Waals surface area contributed by atoms with Gasteiger partial charge in [0.05, 0.1) is 0 Å².